The van der Waals surface area contributed by atoms with Gasteiger partial charge < -0.3 is 10.1 Å². The average molecular weight is 451 g/mol. The van der Waals surface area contributed by atoms with E-state index in [1.807, 2.05) is 34.0 Å². The number of sulfonamides is 1. The summed E-state index contributed by atoms with van der Waals surface area (Å²) in [6.45, 7) is 7.98. The predicted octanol–water partition coefficient (Wildman–Crippen LogP) is 4.16. The van der Waals surface area contributed by atoms with Gasteiger partial charge >= 0.3 is 0 Å². The molecule has 8 heteroatoms. The molecule has 0 aliphatic carbocycles. The quantitative estimate of drug-likeness (QED) is 0.550. The fourth-order valence-electron chi connectivity index (χ4n) is 2.66. The van der Waals surface area contributed by atoms with E-state index in [4.69, 9.17) is 4.74 Å². The summed E-state index contributed by atoms with van der Waals surface area (Å²) < 4.78 is 33.4. The van der Waals surface area contributed by atoms with Gasteiger partial charge in [0.1, 0.15) is 12.3 Å². The van der Waals surface area contributed by atoms with Crippen molar-refractivity contribution in [1.29, 1.82) is 0 Å². The van der Waals surface area contributed by atoms with Crippen molar-refractivity contribution in [2.75, 3.05) is 23.7 Å². The molecule has 0 saturated carbocycles. The number of nitrogens with one attached hydrogen (secondary N) is 1. The van der Waals surface area contributed by atoms with Crippen LogP contribution < -0.4 is 14.4 Å². The predicted molar refractivity (Wildman–Crippen MR) is 123 cm³/mol. The highest BCUT2D eigenvalue weighted by Gasteiger charge is 2.28. The molecule has 30 heavy (non-hydrogen) atoms. The molecular formula is C22H30N2O4S2. The molecule has 0 aliphatic rings. The summed E-state index contributed by atoms with van der Waals surface area (Å²) in [6, 6.07) is 13.3. The van der Waals surface area contributed by atoms with Crippen molar-refractivity contribution >= 4 is 33.4 Å². The molecule has 6 nitrogen and oxygen atoms in total. The zero-order valence-electron chi connectivity index (χ0n) is 18.1. The minimum atomic E-state index is -3.93. The fourth-order valence-corrected chi connectivity index (χ4v) is 4.49. The monoisotopic (exact) mass is 450 g/mol. The number of anilines is 1. The lowest BCUT2D eigenvalue weighted by Gasteiger charge is -2.26. The number of ether oxygens (including phenoxy) is 1. The van der Waals surface area contributed by atoms with Crippen molar-refractivity contribution in [3.05, 3.63) is 48.5 Å². The molecule has 2 aromatic carbocycles. The van der Waals surface area contributed by atoms with Crippen molar-refractivity contribution < 1.29 is 17.9 Å². The third kappa shape index (κ3) is 6.15. The average Bonchev–Trinajstić information content (AvgIpc) is 2.72. The molecule has 2 aromatic rings. The van der Waals surface area contributed by atoms with E-state index < -0.39 is 10.0 Å². The summed E-state index contributed by atoms with van der Waals surface area (Å²) in [5.74, 6) is 0.527. The molecule has 0 bridgehead atoms. The molecule has 0 aliphatic heterocycles. The number of hydrogen-bond acceptors (Lipinski definition) is 5. The van der Waals surface area contributed by atoms with Crippen LogP contribution in [-0.4, -0.2) is 39.8 Å². The highest BCUT2D eigenvalue weighted by molar-refractivity contribution is 7.98. The van der Waals surface area contributed by atoms with Crippen LogP contribution in [0.25, 0.3) is 0 Å². The zero-order chi connectivity index (χ0) is 22.3. The second kappa shape index (κ2) is 10.7. The van der Waals surface area contributed by atoms with E-state index in [1.54, 1.807) is 48.5 Å². The number of benzene rings is 2. The fraction of sp³-hybridized carbons (Fsp3) is 0.409. The first-order chi connectivity index (χ1) is 14.2. The van der Waals surface area contributed by atoms with Gasteiger partial charge in [-0.1, -0.05) is 13.8 Å². The van der Waals surface area contributed by atoms with Gasteiger partial charge in [-0.2, -0.15) is 0 Å². The number of nitrogens with zero attached hydrogens (tertiary/aromatic N) is 1. The summed E-state index contributed by atoms with van der Waals surface area (Å²) in [5, 5.41) is 2.88. The first-order valence-electron chi connectivity index (χ1n) is 9.88. The van der Waals surface area contributed by atoms with E-state index in [2.05, 4.69) is 5.32 Å². The standard InChI is InChI=1S/C22H30N2O4S2/c1-6-28-19-9-7-18(8-10-19)24(15-22(25)23-17(4)16(2)3)30(26,27)21-13-11-20(29-5)12-14-21/h7-14,16-17H,6,15H2,1-5H3,(H,23,25)/t17-/m1/s1. The molecule has 0 spiro atoms. The van der Waals surface area contributed by atoms with Crippen LogP contribution in [0, 0.1) is 5.92 Å². The Morgan fingerprint density at radius 2 is 1.67 bits per heavy atom. The van der Waals surface area contributed by atoms with E-state index in [-0.39, 0.29) is 29.3 Å². The number of hydrogen-bond donors (Lipinski definition) is 1. The van der Waals surface area contributed by atoms with Gasteiger partial charge in [0.2, 0.25) is 5.91 Å². The minimum Gasteiger partial charge on any atom is -0.494 e. The molecule has 0 unspecified atom stereocenters. The van der Waals surface area contributed by atoms with Crippen LogP contribution in [0.15, 0.2) is 58.3 Å². The lowest BCUT2D eigenvalue weighted by Crippen LogP contribution is -2.45. The smallest absolute Gasteiger partial charge is 0.264 e. The van der Waals surface area contributed by atoms with Crippen LogP contribution in [-0.2, 0) is 14.8 Å². The van der Waals surface area contributed by atoms with Gasteiger partial charge in [-0.25, -0.2) is 8.42 Å². The van der Waals surface area contributed by atoms with Gasteiger partial charge in [-0.05, 0) is 74.6 Å². The highest BCUT2D eigenvalue weighted by Crippen LogP contribution is 2.27. The van der Waals surface area contributed by atoms with E-state index in [0.717, 1.165) is 9.20 Å². The second-order valence-electron chi connectivity index (χ2n) is 7.21. The first kappa shape index (κ1) is 24.1. The summed E-state index contributed by atoms with van der Waals surface area (Å²) >= 11 is 1.53. The Hall–Kier alpha value is -2.19. The normalized spacial score (nSPS) is 12.5. The maximum atomic E-state index is 13.4. The summed E-state index contributed by atoms with van der Waals surface area (Å²) in [5.41, 5.74) is 0.403. The number of carbonyl (C=O) groups excluding carboxylic acids is 1. The molecule has 2 rings (SSSR count). The maximum absolute atomic E-state index is 13.4. The van der Waals surface area contributed by atoms with Crippen LogP contribution in [0.4, 0.5) is 5.69 Å². The number of carbonyl (C=O) groups is 1. The Labute approximate surface area is 184 Å². The topological polar surface area (TPSA) is 75.7 Å². The third-order valence-electron chi connectivity index (χ3n) is 4.76. The Kier molecular flexibility index (Phi) is 8.61. The molecule has 1 amide bonds. The van der Waals surface area contributed by atoms with Crippen molar-refractivity contribution in [3.63, 3.8) is 0 Å². The van der Waals surface area contributed by atoms with Gasteiger partial charge in [-0.15, -0.1) is 11.8 Å². The van der Waals surface area contributed by atoms with E-state index in [1.165, 1.54) is 11.8 Å². The van der Waals surface area contributed by atoms with Crippen LogP contribution in [0.2, 0.25) is 0 Å². The molecule has 0 heterocycles. The molecule has 0 saturated heterocycles. The van der Waals surface area contributed by atoms with Crippen molar-refractivity contribution in [2.24, 2.45) is 5.92 Å². The van der Waals surface area contributed by atoms with Crippen LogP contribution in [0.3, 0.4) is 0 Å². The van der Waals surface area contributed by atoms with Gasteiger partial charge in [0, 0.05) is 10.9 Å². The molecule has 1 atom stereocenters. The van der Waals surface area contributed by atoms with Gasteiger partial charge in [0.25, 0.3) is 10.0 Å². The first-order valence-corrected chi connectivity index (χ1v) is 12.5. The lowest BCUT2D eigenvalue weighted by molar-refractivity contribution is -0.120. The van der Waals surface area contributed by atoms with Crippen LogP contribution in [0.1, 0.15) is 27.7 Å². The second-order valence-corrected chi connectivity index (χ2v) is 9.96. The molecule has 164 valence electrons. The van der Waals surface area contributed by atoms with Crippen LogP contribution in [0.5, 0.6) is 5.75 Å². The maximum Gasteiger partial charge on any atom is 0.264 e. The zero-order valence-corrected chi connectivity index (χ0v) is 19.7. The largest absolute Gasteiger partial charge is 0.494 e. The molecule has 0 radical (unpaired) electrons. The SMILES string of the molecule is CCOc1ccc(N(CC(=O)N[C@H](C)C(C)C)S(=O)(=O)c2ccc(SC)cc2)cc1. The number of amides is 1. The van der Waals surface area contributed by atoms with Crippen molar-refractivity contribution in [1.82, 2.24) is 5.32 Å². The van der Waals surface area contributed by atoms with E-state index >= 15 is 0 Å². The van der Waals surface area contributed by atoms with Gasteiger partial charge in [-0.3, -0.25) is 9.10 Å². The van der Waals surface area contributed by atoms with Gasteiger partial charge in [0.15, 0.2) is 0 Å². The van der Waals surface area contributed by atoms with Crippen molar-refractivity contribution in [3.8, 4) is 5.75 Å². The Morgan fingerprint density at radius 3 is 2.17 bits per heavy atom. The van der Waals surface area contributed by atoms with Crippen LogP contribution >= 0.6 is 11.8 Å². The highest BCUT2D eigenvalue weighted by atomic mass is 32.2. The Morgan fingerprint density at radius 1 is 1.07 bits per heavy atom. The Balaban J connectivity index is 2.39. The Bertz CT molecular complexity index is 927. The lowest BCUT2D eigenvalue weighted by atomic mass is 10.1. The third-order valence-corrected chi connectivity index (χ3v) is 7.29. The van der Waals surface area contributed by atoms with Gasteiger partial charge in [0.05, 0.1) is 17.2 Å². The minimum absolute atomic E-state index is 0.0664. The molecule has 0 aromatic heterocycles. The summed E-state index contributed by atoms with van der Waals surface area (Å²) in [7, 11) is -3.93. The molecule has 1 N–H and O–H groups in total. The summed E-state index contributed by atoms with van der Waals surface area (Å²) in [6.07, 6.45) is 1.93. The summed E-state index contributed by atoms with van der Waals surface area (Å²) in [4.78, 5) is 13.7. The molecule has 0 fully saturated rings. The van der Waals surface area contributed by atoms with E-state index in [0.29, 0.717) is 18.0 Å². The number of thioether (sulfide) groups is 1. The van der Waals surface area contributed by atoms with E-state index in [9.17, 15) is 13.2 Å². The molecular weight excluding hydrogens is 420 g/mol. The van der Waals surface area contributed by atoms with Crippen molar-refractivity contribution in [2.45, 2.75) is 43.5 Å². The number of rotatable bonds is 10.